The smallest absolute Gasteiger partial charge is 0.241 e. The number of amides is 1. The first-order valence-electron chi connectivity index (χ1n) is 8.42. The molecule has 1 fully saturated rings. The highest BCUT2D eigenvalue weighted by molar-refractivity contribution is 5.81. The third kappa shape index (κ3) is 4.41. The van der Waals surface area contributed by atoms with Gasteiger partial charge in [-0.3, -0.25) is 4.79 Å². The lowest BCUT2D eigenvalue weighted by atomic mass is 10.2. The maximum Gasteiger partial charge on any atom is 0.241 e. The second-order valence-electron chi connectivity index (χ2n) is 6.08. The summed E-state index contributed by atoms with van der Waals surface area (Å²) in [7, 11) is 1.63. The molecule has 3 rings (SSSR count). The Hall–Kier alpha value is -2.83. The molecule has 7 heteroatoms. The average molecular weight is 361 g/mol. The van der Waals surface area contributed by atoms with Crippen molar-refractivity contribution in [3.63, 3.8) is 0 Å². The monoisotopic (exact) mass is 361 g/mol. The van der Waals surface area contributed by atoms with E-state index in [1.807, 2.05) is 24.3 Å². The number of halogens is 2. The molecular formula is C19H21F2N3O2. The van der Waals surface area contributed by atoms with Crippen molar-refractivity contribution in [2.75, 3.05) is 50.1 Å². The Morgan fingerprint density at radius 3 is 2.23 bits per heavy atom. The van der Waals surface area contributed by atoms with Gasteiger partial charge in [-0.05, 0) is 36.4 Å². The second-order valence-corrected chi connectivity index (χ2v) is 6.08. The van der Waals surface area contributed by atoms with Crippen molar-refractivity contribution in [3.8, 4) is 5.75 Å². The Morgan fingerprint density at radius 1 is 1.04 bits per heavy atom. The fourth-order valence-electron chi connectivity index (χ4n) is 2.95. The van der Waals surface area contributed by atoms with Gasteiger partial charge in [0.1, 0.15) is 17.4 Å². The van der Waals surface area contributed by atoms with Crippen molar-refractivity contribution in [1.29, 1.82) is 0 Å². The van der Waals surface area contributed by atoms with E-state index in [1.165, 1.54) is 0 Å². The first kappa shape index (κ1) is 18.0. The highest BCUT2D eigenvalue weighted by Gasteiger charge is 2.21. The van der Waals surface area contributed by atoms with Gasteiger partial charge in [0.2, 0.25) is 5.91 Å². The molecule has 0 spiro atoms. The van der Waals surface area contributed by atoms with E-state index in [9.17, 15) is 13.6 Å². The highest BCUT2D eigenvalue weighted by Crippen LogP contribution is 2.20. The van der Waals surface area contributed by atoms with Gasteiger partial charge in [0, 0.05) is 43.6 Å². The van der Waals surface area contributed by atoms with Gasteiger partial charge < -0.3 is 19.9 Å². The van der Waals surface area contributed by atoms with Gasteiger partial charge in [-0.15, -0.1) is 0 Å². The van der Waals surface area contributed by atoms with Crippen LogP contribution in [0.15, 0.2) is 42.5 Å². The van der Waals surface area contributed by atoms with E-state index in [4.69, 9.17) is 4.74 Å². The van der Waals surface area contributed by atoms with Gasteiger partial charge in [0.25, 0.3) is 0 Å². The summed E-state index contributed by atoms with van der Waals surface area (Å²) in [6, 6.07) is 10.9. The van der Waals surface area contributed by atoms with Crippen LogP contribution in [-0.4, -0.2) is 50.6 Å². The topological polar surface area (TPSA) is 44.8 Å². The summed E-state index contributed by atoms with van der Waals surface area (Å²) in [5.41, 5.74) is 1.35. The third-order valence-electron chi connectivity index (χ3n) is 4.38. The summed E-state index contributed by atoms with van der Waals surface area (Å²) < 4.78 is 31.5. The van der Waals surface area contributed by atoms with Crippen LogP contribution >= 0.6 is 0 Å². The predicted octanol–water partition coefficient (Wildman–Crippen LogP) is 2.73. The van der Waals surface area contributed by atoms with Crippen molar-refractivity contribution >= 4 is 17.3 Å². The summed E-state index contributed by atoms with van der Waals surface area (Å²) in [6.45, 7) is 2.67. The molecule has 1 aliphatic rings. The molecule has 1 saturated heterocycles. The molecule has 0 bridgehead atoms. The van der Waals surface area contributed by atoms with E-state index >= 15 is 0 Å². The number of nitrogens with one attached hydrogen (secondary N) is 1. The van der Waals surface area contributed by atoms with E-state index in [1.54, 1.807) is 12.0 Å². The van der Waals surface area contributed by atoms with Gasteiger partial charge >= 0.3 is 0 Å². The number of rotatable bonds is 5. The predicted molar refractivity (Wildman–Crippen MR) is 96.6 cm³/mol. The highest BCUT2D eigenvalue weighted by atomic mass is 19.1. The van der Waals surface area contributed by atoms with E-state index in [0.29, 0.717) is 13.1 Å². The fraction of sp³-hybridized carbons (Fsp3) is 0.316. The van der Waals surface area contributed by atoms with E-state index in [-0.39, 0.29) is 18.1 Å². The minimum absolute atomic E-state index is 0.00539. The minimum atomic E-state index is -0.673. The van der Waals surface area contributed by atoms with E-state index < -0.39 is 11.6 Å². The molecule has 0 unspecified atom stereocenters. The molecule has 0 saturated carbocycles. The zero-order valence-electron chi connectivity index (χ0n) is 14.5. The number of hydrogen-bond acceptors (Lipinski definition) is 4. The first-order chi connectivity index (χ1) is 12.5. The first-order valence-corrected chi connectivity index (χ1v) is 8.42. The second kappa shape index (κ2) is 8.03. The third-order valence-corrected chi connectivity index (χ3v) is 4.38. The van der Waals surface area contributed by atoms with E-state index in [0.717, 1.165) is 42.7 Å². The van der Waals surface area contributed by atoms with Crippen molar-refractivity contribution < 1.29 is 18.3 Å². The molecule has 0 atom stereocenters. The number of ether oxygens (including phenoxy) is 1. The maximum absolute atomic E-state index is 13.2. The van der Waals surface area contributed by atoms with Crippen LogP contribution in [0.4, 0.5) is 20.2 Å². The fourth-order valence-corrected chi connectivity index (χ4v) is 2.95. The van der Waals surface area contributed by atoms with Crippen LogP contribution in [0.1, 0.15) is 0 Å². The molecule has 0 radical (unpaired) electrons. The maximum atomic E-state index is 13.2. The van der Waals surface area contributed by atoms with Crippen LogP contribution in [-0.2, 0) is 4.79 Å². The van der Waals surface area contributed by atoms with Crippen LogP contribution in [0.2, 0.25) is 0 Å². The number of carbonyl (C=O) groups excluding carboxylic acids is 1. The number of methoxy groups -OCH3 is 1. The molecule has 2 aromatic carbocycles. The largest absolute Gasteiger partial charge is 0.497 e. The van der Waals surface area contributed by atoms with Crippen LogP contribution in [0.5, 0.6) is 5.75 Å². The van der Waals surface area contributed by atoms with Gasteiger partial charge in [-0.2, -0.15) is 0 Å². The number of carbonyl (C=O) groups is 1. The van der Waals surface area contributed by atoms with Gasteiger partial charge in [-0.25, -0.2) is 8.78 Å². The molecule has 2 aromatic rings. The van der Waals surface area contributed by atoms with E-state index in [2.05, 4.69) is 10.2 Å². The van der Waals surface area contributed by atoms with Gasteiger partial charge in [-0.1, -0.05) is 0 Å². The Bertz CT molecular complexity index is 740. The van der Waals surface area contributed by atoms with Crippen molar-refractivity contribution in [2.24, 2.45) is 0 Å². The van der Waals surface area contributed by atoms with Crippen LogP contribution in [0.3, 0.4) is 0 Å². The Labute approximate surface area is 151 Å². The summed E-state index contributed by atoms with van der Waals surface area (Å²) in [5, 5.41) is 2.78. The van der Waals surface area contributed by atoms with Gasteiger partial charge in [0.05, 0.1) is 13.7 Å². The van der Waals surface area contributed by atoms with Crippen molar-refractivity contribution in [1.82, 2.24) is 4.90 Å². The van der Waals surface area contributed by atoms with Crippen molar-refractivity contribution in [3.05, 3.63) is 54.1 Å². The Kier molecular flexibility index (Phi) is 5.55. The number of nitrogens with zero attached hydrogens (tertiary/aromatic N) is 2. The van der Waals surface area contributed by atoms with Gasteiger partial charge in [0.15, 0.2) is 0 Å². The molecule has 0 aromatic heterocycles. The minimum Gasteiger partial charge on any atom is -0.497 e. The zero-order chi connectivity index (χ0) is 18.5. The quantitative estimate of drug-likeness (QED) is 0.890. The summed E-state index contributed by atoms with van der Waals surface area (Å²) in [6.07, 6.45) is 0. The number of benzene rings is 2. The Morgan fingerprint density at radius 2 is 1.65 bits per heavy atom. The molecule has 5 nitrogen and oxygen atoms in total. The molecule has 1 N–H and O–H groups in total. The summed E-state index contributed by atoms with van der Waals surface area (Å²) in [5.74, 6) is -0.632. The molecule has 138 valence electrons. The normalized spacial score (nSPS) is 14.3. The number of hydrogen-bond donors (Lipinski definition) is 1. The number of piperazine rings is 1. The molecule has 1 amide bonds. The molecule has 0 aliphatic carbocycles. The molecule has 1 heterocycles. The van der Waals surface area contributed by atoms with Crippen LogP contribution in [0.25, 0.3) is 0 Å². The standard InChI is InChI=1S/C19H21F2N3O2/c1-26-18-4-2-17(3-5-18)23-6-8-24(9-7-23)19(25)13-22-16-11-14(20)10-15(21)12-16/h2-5,10-12,22H,6-9,13H2,1H3. The molecule has 26 heavy (non-hydrogen) atoms. The lowest BCUT2D eigenvalue weighted by Gasteiger charge is -2.36. The lowest BCUT2D eigenvalue weighted by molar-refractivity contribution is -0.129. The van der Waals surface area contributed by atoms with Crippen LogP contribution in [0, 0.1) is 11.6 Å². The SMILES string of the molecule is COc1ccc(N2CCN(C(=O)CNc3cc(F)cc(F)c3)CC2)cc1. The average Bonchev–Trinajstić information content (AvgIpc) is 2.65. The zero-order valence-corrected chi connectivity index (χ0v) is 14.5. The van der Waals surface area contributed by atoms with Crippen LogP contribution < -0.4 is 15.0 Å². The summed E-state index contributed by atoms with van der Waals surface area (Å²) >= 11 is 0. The Balaban J connectivity index is 1.49. The molecular weight excluding hydrogens is 340 g/mol. The number of anilines is 2. The summed E-state index contributed by atoms with van der Waals surface area (Å²) in [4.78, 5) is 16.3. The molecule has 1 aliphatic heterocycles. The van der Waals surface area contributed by atoms with Crippen molar-refractivity contribution in [2.45, 2.75) is 0 Å². The lowest BCUT2D eigenvalue weighted by Crippen LogP contribution is -2.50.